The van der Waals surface area contributed by atoms with Crippen molar-refractivity contribution in [3.8, 4) is 28.4 Å². The summed E-state index contributed by atoms with van der Waals surface area (Å²) in [5, 5.41) is 4.32. The lowest BCUT2D eigenvalue weighted by Gasteiger charge is -2.33. The van der Waals surface area contributed by atoms with Crippen LogP contribution in [-0.2, 0) is 28.1 Å². The molecule has 0 bridgehead atoms. The third-order valence-corrected chi connectivity index (χ3v) is 9.31. The summed E-state index contributed by atoms with van der Waals surface area (Å²) in [6.07, 6.45) is 6.91. The second-order valence-corrected chi connectivity index (χ2v) is 13.0. The molecule has 2 N–H and O–H groups in total. The van der Waals surface area contributed by atoms with Crippen LogP contribution < -0.4 is 25.1 Å². The normalized spacial score (nSPS) is 14.1. The summed E-state index contributed by atoms with van der Waals surface area (Å²) in [4.78, 5) is 30.9. The van der Waals surface area contributed by atoms with Gasteiger partial charge in [0.05, 0.1) is 26.2 Å². The number of aryl methyl sites for hydroxylation is 2. The summed E-state index contributed by atoms with van der Waals surface area (Å²) in [6.45, 7) is 1.19. The van der Waals surface area contributed by atoms with E-state index >= 15 is 0 Å². The highest BCUT2D eigenvalue weighted by atomic mass is 32.2. The Morgan fingerprint density at radius 2 is 1.73 bits per heavy atom. The van der Waals surface area contributed by atoms with Gasteiger partial charge >= 0.3 is 0 Å². The van der Waals surface area contributed by atoms with Gasteiger partial charge in [0.15, 0.2) is 21.3 Å². The van der Waals surface area contributed by atoms with Gasteiger partial charge in [-0.15, -0.1) is 0 Å². The summed E-state index contributed by atoms with van der Waals surface area (Å²) in [6, 6.07) is 10.6. The zero-order chi connectivity index (χ0) is 31.6. The van der Waals surface area contributed by atoms with E-state index in [4.69, 9.17) is 14.2 Å². The fraction of sp³-hybridized carbons (Fsp3) is 0.375. The van der Waals surface area contributed by atoms with E-state index in [1.165, 1.54) is 10.8 Å². The van der Waals surface area contributed by atoms with E-state index in [0.29, 0.717) is 59.6 Å². The topological polar surface area (TPSA) is 132 Å². The molecular weight excluding hydrogens is 584 g/mol. The van der Waals surface area contributed by atoms with E-state index in [1.807, 2.05) is 23.1 Å². The first-order valence-corrected chi connectivity index (χ1v) is 16.3. The number of nitrogens with one attached hydrogen (secondary N) is 2. The summed E-state index contributed by atoms with van der Waals surface area (Å²) in [5.74, 6) is 1.71. The highest BCUT2D eigenvalue weighted by Crippen LogP contribution is 2.40. The van der Waals surface area contributed by atoms with Crippen LogP contribution in [0.15, 0.2) is 58.5 Å². The molecule has 11 nitrogen and oxygen atoms in total. The Labute approximate surface area is 256 Å². The Morgan fingerprint density at radius 1 is 1.00 bits per heavy atom. The van der Waals surface area contributed by atoms with Crippen molar-refractivity contribution in [1.29, 1.82) is 0 Å². The number of H-pyrrole nitrogens is 1. The van der Waals surface area contributed by atoms with Gasteiger partial charge in [-0.3, -0.25) is 9.59 Å². The molecule has 1 fully saturated rings. The van der Waals surface area contributed by atoms with Crippen LogP contribution in [0.3, 0.4) is 0 Å². The Kier molecular flexibility index (Phi) is 8.91. The maximum Gasteiger partial charge on any atom is 0.274 e. The van der Waals surface area contributed by atoms with Crippen molar-refractivity contribution in [2.45, 2.75) is 36.6 Å². The lowest BCUT2D eigenvalue weighted by molar-refractivity contribution is -0.132. The molecule has 1 saturated heterocycles. The average Bonchev–Trinajstić information content (AvgIpc) is 3.51. The second-order valence-electron chi connectivity index (χ2n) is 11.0. The Bertz CT molecular complexity index is 1850. The molecule has 2 aromatic carbocycles. The Hall–Kier alpha value is -4.45. The summed E-state index contributed by atoms with van der Waals surface area (Å²) in [5.41, 5.74) is 3.37. The van der Waals surface area contributed by atoms with E-state index in [0.717, 1.165) is 29.7 Å². The molecule has 2 aromatic heterocycles. The highest BCUT2D eigenvalue weighted by molar-refractivity contribution is 7.90. The molecule has 1 amide bonds. The van der Waals surface area contributed by atoms with E-state index in [9.17, 15) is 18.0 Å². The number of hydrogen-bond donors (Lipinski definition) is 2. The first-order chi connectivity index (χ1) is 21.0. The van der Waals surface area contributed by atoms with Gasteiger partial charge in [-0.05, 0) is 55.2 Å². The quantitative estimate of drug-likeness (QED) is 0.271. The lowest BCUT2D eigenvalue weighted by Crippen LogP contribution is -2.42. The van der Waals surface area contributed by atoms with Crippen molar-refractivity contribution in [1.82, 2.24) is 14.5 Å². The molecule has 5 rings (SSSR count). The predicted octanol–water partition coefficient (Wildman–Crippen LogP) is 4.00. The van der Waals surface area contributed by atoms with Gasteiger partial charge in [0.25, 0.3) is 5.56 Å². The van der Waals surface area contributed by atoms with Crippen LogP contribution >= 0.6 is 0 Å². The molecule has 0 radical (unpaired) electrons. The van der Waals surface area contributed by atoms with Gasteiger partial charge in [-0.1, -0.05) is 6.07 Å². The van der Waals surface area contributed by atoms with Crippen molar-refractivity contribution < 1.29 is 27.4 Å². The standard InChI is InChI=1S/C32H38N4O7S/c1-35-19-25(23-12-15-33-29(23)32(35)38)24-18-22(44(5,39)40)8-9-26(24)34-21-13-16-36(17-14-21)28(37)11-7-20-6-10-27(41-2)31(43-4)30(20)42-3/h6,8-10,12,15,18-19,21,33-34H,7,11,13-14,16-17H2,1-5H3. The van der Waals surface area contributed by atoms with Gasteiger partial charge in [-0.2, -0.15) is 0 Å². The van der Waals surface area contributed by atoms with Crippen LogP contribution in [0.1, 0.15) is 24.8 Å². The van der Waals surface area contributed by atoms with Gasteiger partial charge in [-0.25, -0.2) is 8.42 Å². The summed E-state index contributed by atoms with van der Waals surface area (Å²) < 4.78 is 42.8. The van der Waals surface area contributed by atoms with Crippen molar-refractivity contribution in [3.63, 3.8) is 0 Å². The number of carbonyl (C=O) groups excluding carboxylic acids is 1. The number of rotatable bonds is 10. The molecule has 0 unspecified atom stereocenters. The van der Waals surface area contributed by atoms with E-state index in [1.54, 1.807) is 59.0 Å². The second kappa shape index (κ2) is 12.7. The molecule has 234 valence electrons. The maximum absolute atomic E-state index is 13.2. The summed E-state index contributed by atoms with van der Waals surface area (Å²) >= 11 is 0. The highest BCUT2D eigenvalue weighted by Gasteiger charge is 2.25. The number of pyridine rings is 1. The Morgan fingerprint density at radius 3 is 2.39 bits per heavy atom. The first-order valence-electron chi connectivity index (χ1n) is 14.4. The Balaban J connectivity index is 1.30. The lowest BCUT2D eigenvalue weighted by atomic mass is 9.99. The fourth-order valence-corrected chi connectivity index (χ4v) is 6.49. The molecule has 0 atom stereocenters. The van der Waals surface area contributed by atoms with Crippen LogP contribution in [-0.4, -0.2) is 75.5 Å². The van der Waals surface area contributed by atoms with E-state index in [2.05, 4.69) is 10.3 Å². The first kappa shape index (κ1) is 31.0. The van der Waals surface area contributed by atoms with Crippen molar-refractivity contribution in [3.05, 3.63) is 64.7 Å². The molecule has 12 heteroatoms. The van der Waals surface area contributed by atoms with Crippen LogP contribution in [0.2, 0.25) is 0 Å². The minimum Gasteiger partial charge on any atom is -0.493 e. The van der Waals surface area contributed by atoms with Crippen LogP contribution in [0, 0.1) is 0 Å². The maximum atomic E-state index is 13.2. The zero-order valence-corrected chi connectivity index (χ0v) is 26.4. The number of piperidine rings is 1. The summed E-state index contributed by atoms with van der Waals surface area (Å²) in [7, 11) is 2.90. The SMILES string of the molecule is COc1ccc(CCC(=O)N2CCC(Nc3ccc(S(C)(=O)=O)cc3-c3cn(C)c(=O)c4[nH]ccc34)CC2)c(OC)c1OC. The van der Waals surface area contributed by atoms with Gasteiger partial charge in [0.1, 0.15) is 5.52 Å². The molecule has 0 aliphatic carbocycles. The van der Waals surface area contributed by atoms with Gasteiger partial charge < -0.3 is 34.0 Å². The zero-order valence-electron chi connectivity index (χ0n) is 25.6. The van der Waals surface area contributed by atoms with Crippen molar-refractivity contribution in [2.75, 3.05) is 46.0 Å². The molecule has 0 saturated carbocycles. The predicted molar refractivity (Wildman–Crippen MR) is 170 cm³/mol. The van der Waals surface area contributed by atoms with E-state index < -0.39 is 9.84 Å². The minimum absolute atomic E-state index is 0.0681. The van der Waals surface area contributed by atoms with E-state index in [-0.39, 0.29) is 22.4 Å². The number of methoxy groups -OCH3 is 3. The molecular formula is C32H38N4O7S. The number of amides is 1. The number of aromatic amines is 1. The number of fused-ring (bicyclic) bond motifs is 1. The fourth-order valence-electron chi connectivity index (χ4n) is 5.84. The van der Waals surface area contributed by atoms with Crippen LogP contribution in [0.25, 0.3) is 22.0 Å². The number of likely N-dealkylation sites (tertiary alicyclic amines) is 1. The number of sulfone groups is 1. The largest absolute Gasteiger partial charge is 0.493 e. The number of hydrogen-bond acceptors (Lipinski definition) is 8. The molecule has 44 heavy (non-hydrogen) atoms. The number of carbonyl (C=O) groups is 1. The molecule has 3 heterocycles. The molecule has 0 spiro atoms. The van der Waals surface area contributed by atoms with Crippen molar-refractivity contribution in [2.24, 2.45) is 7.05 Å². The number of aromatic nitrogens is 2. The molecule has 1 aliphatic rings. The third kappa shape index (κ3) is 6.12. The monoisotopic (exact) mass is 622 g/mol. The molecule has 1 aliphatic heterocycles. The minimum atomic E-state index is -3.47. The number of nitrogens with zero attached hydrogens (tertiary/aromatic N) is 2. The number of ether oxygens (including phenoxy) is 3. The van der Waals surface area contributed by atoms with Gasteiger partial charge in [0.2, 0.25) is 11.7 Å². The number of anilines is 1. The van der Waals surface area contributed by atoms with Crippen molar-refractivity contribution >= 4 is 32.3 Å². The van der Waals surface area contributed by atoms with Crippen LogP contribution in [0.5, 0.6) is 17.2 Å². The smallest absolute Gasteiger partial charge is 0.274 e. The molecule has 4 aromatic rings. The average molecular weight is 623 g/mol. The van der Waals surface area contributed by atoms with Gasteiger partial charge in [0, 0.05) is 73.4 Å². The third-order valence-electron chi connectivity index (χ3n) is 8.20. The van der Waals surface area contributed by atoms with Crippen LogP contribution in [0.4, 0.5) is 5.69 Å². The number of benzene rings is 2.